The molecule has 0 fully saturated rings. The van der Waals surface area contributed by atoms with E-state index in [1.807, 2.05) is 31.3 Å². The summed E-state index contributed by atoms with van der Waals surface area (Å²) < 4.78 is 31.0. The van der Waals surface area contributed by atoms with Gasteiger partial charge in [0.25, 0.3) is 0 Å². The summed E-state index contributed by atoms with van der Waals surface area (Å²) >= 11 is 0. The molecule has 0 spiro atoms. The van der Waals surface area contributed by atoms with Crippen molar-refractivity contribution in [3.8, 4) is 0 Å². The first-order valence-corrected chi connectivity index (χ1v) is 7.86. The van der Waals surface area contributed by atoms with Crippen LogP contribution in [0.4, 0.5) is 20.2 Å². The Balaban J connectivity index is 0.000000273. The molecule has 7 heteroatoms. The van der Waals surface area contributed by atoms with Crippen LogP contribution in [-0.4, -0.2) is 25.8 Å². The molecular weight excluding hydrogens is 342 g/mol. The lowest BCUT2D eigenvalue weighted by atomic mass is 10.1. The molecule has 140 valence electrons. The van der Waals surface area contributed by atoms with Crippen molar-refractivity contribution in [1.82, 2.24) is 0 Å². The maximum absolute atomic E-state index is 13.2. The number of anilines is 2. The quantitative estimate of drug-likeness (QED) is 0.620. The largest absolute Gasteiger partial charge is 0.461 e. The molecule has 26 heavy (non-hydrogen) atoms. The van der Waals surface area contributed by atoms with Crippen LogP contribution in [0.5, 0.6) is 0 Å². The number of esters is 1. The Hall–Kier alpha value is -2.96. The van der Waals surface area contributed by atoms with Crippen LogP contribution in [-0.2, 0) is 16.1 Å². The van der Waals surface area contributed by atoms with E-state index < -0.39 is 17.6 Å². The summed E-state index contributed by atoms with van der Waals surface area (Å²) in [4.78, 5) is 21.3. The third-order valence-electron chi connectivity index (χ3n) is 3.37. The highest BCUT2D eigenvalue weighted by Gasteiger charge is 2.10. The molecule has 0 saturated carbocycles. The third kappa shape index (κ3) is 6.51. The molecule has 0 atom stereocenters. The van der Waals surface area contributed by atoms with E-state index in [2.05, 4.69) is 15.4 Å². The van der Waals surface area contributed by atoms with Crippen molar-refractivity contribution in [2.75, 3.05) is 24.7 Å². The zero-order chi connectivity index (χ0) is 19.7. The standard InChI is InChI=1S/C10H11F2NO2.C9H11NO/c1-6(14)15-5-7-3-8(11)10(13-2)9(12)4-7;1-7(11)8-3-5-9(10-2)6-4-8/h3-4,13H,5H2,1-2H3;3-6,10H,1-2H3. The highest BCUT2D eigenvalue weighted by Crippen LogP contribution is 2.20. The van der Waals surface area contributed by atoms with Crippen LogP contribution in [0.3, 0.4) is 0 Å². The predicted octanol–water partition coefficient (Wildman–Crippen LogP) is 4.00. The molecule has 5 nitrogen and oxygen atoms in total. The smallest absolute Gasteiger partial charge is 0.302 e. The second kappa shape index (κ2) is 10.1. The van der Waals surface area contributed by atoms with Gasteiger partial charge in [-0.2, -0.15) is 0 Å². The van der Waals surface area contributed by atoms with Gasteiger partial charge in [-0.3, -0.25) is 9.59 Å². The molecule has 0 heterocycles. The molecule has 0 aliphatic heterocycles. The molecule has 2 N–H and O–H groups in total. The van der Waals surface area contributed by atoms with Gasteiger partial charge in [0.05, 0.1) is 0 Å². The highest BCUT2D eigenvalue weighted by molar-refractivity contribution is 5.94. The van der Waals surface area contributed by atoms with Gasteiger partial charge in [0.2, 0.25) is 0 Å². The predicted molar refractivity (Wildman–Crippen MR) is 97.4 cm³/mol. The van der Waals surface area contributed by atoms with Crippen LogP contribution >= 0.6 is 0 Å². The zero-order valence-electron chi connectivity index (χ0n) is 15.2. The molecule has 0 aliphatic rings. The Morgan fingerprint density at radius 1 is 0.962 bits per heavy atom. The minimum absolute atomic E-state index is 0.104. The summed E-state index contributed by atoms with van der Waals surface area (Å²) in [5.74, 6) is -1.81. The van der Waals surface area contributed by atoms with E-state index in [9.17, 15) is 18.4 Å². The Morgan fingerprint density at radius 3 is 1.88 bits per heavy atom. The van der Waals surface area contributed by atoms with Crippen molar-refractivity contribution in [2.24, 2.45) is 0 Å². The first-order valence-electron chi connectivity index (χ1n) is 7.86. The summed E-state index contributed by atoms with van der Waals surface area (Å²) in [5, 5.41) is 5.38. The second-order valence-electron chi connectivity index (χ2n) is 5.35. The van der Waals surface area contributed by atoms with Gasteiger partial charge in [-0.25, -0.2) is 8.78 Å². The van der Waals surface area contributed by atoms with Crippen LogP contribution in [0.2, 0.25) is 0 Å². The Bertz CT molecular complexity index is 739. The van der Waals surface area contributed by atoms with Gasteiger partial charge >= 0.3 is 5.97 Å². The summed E-state index contributed by atoms with van der Waals surface area (Å²) in [6, 6.07) is 9.64. The van der Waals surface area contributed by atoms with Gasteiger partial charge in [-0.15, -0.1) is 0 Å². The van der Waals surface area contributed by atoms with Gasteiger partial charge in [0, 0.05) is 32.3 Å². The monoisotopic (exact) mass is 364 g/mol. The minimum atomic E-state index is -0.709. The van der Waals surface area contributed by atoms with Crippen LogP contribution in [0.25, 0.3) is 0 Å². The van der Waals surface area contributed by atoms with Gasteiger partial charge in [0.15, 0.2) is 5.78 Å². The number of hydrogen-bond acceptors (Lipinski definition) is 5. The molecule has 2 aromatic carbocycles. The number of ether oxygens (including phenoxy) is 1. The van der Waals surface area contributed by atoms with E-state index in [4.69, 9.17) is 0 Å². The van der Waals surface area contributed by atoms with Crippen molar-refractivity contribution in [3.05, 3.63) is 59.2 Å². The van der Waals surface area contributed by atoms with E-state index in [0.717, 1.165) is 23.4 Å². The minimum Gasteiger partial charge on any atom is -0.461 e. The van der Waals surface area contributed by atoms with Crippen molar-refractivity contribution >= 4 is 23.1 Å². The lowest BCUT2D eigenvalue weighted by Crippen LogP contribution is -2.02. The normalized spacial score (nSPS) is 9.62. The zero-order valence-corrected chi connectivity index (χ0v) is 15.2. The molecule has 0 radical (unpaired) electrons. The third-order valence-corrected chi connectivity index (χ3v) is 3.37. The average Bonchev–Trinajstić information content (AvgIpc) is 2.60. The van der Waals surface area contributed by atoms with E-state index in [-0.39, 0.29) is 23.6 Å². The number of Topliss-reactive ketones (excluding diaryl/α,β-unsaturated/α-hetero) is 1. The van der Waals surface area contributed by atoms with E-state index in [1.54, 1.807) is 6.92 Å². The van der Waals surface area contributed by atoms with Crippen LogP contribution in [0.15, 0.2) is 36.4 Å². The molecular formula is C19H22F2N2O3. The first kappa shape index (κ1) is 21.1. The number of rotatable bonds is 5. The molecule has 0 bridgehead atoms. The lowest BCUT2D eigenvalue weighted by molar-refractivity contribution is -0.142. The maximum atomic E-state index is 13.2. The topological polar surface area (TPSA) is 67.4 Å². The Labute approximate surface area is 151 Å². The van der Waals surface area contributed by atoms with Crippen molar-refractivity contribution < 1.29 is 23.1 Å². The van der Waals surface area contributed by atoms with Gasteiger partial charge in [-0.1, -0.05) is 0 Å². The van der Waals surface area contributed by atoms with Crippen molar-refractivity contribution in [1.29, 1.82) is 0 Å². The SMILES string of the molecule is CNc1c(F)cc(COC(C)=O)cc1F.CNc1ccc(C(C)=O)cc1. The molecule has 0 saturated heterocycles. The number of hydrogen-bond donors (Lipinski definition) is 2. The fourth-order valence-corrected chi connectivity index (χ4v) is 2.00. The fourth-order valence-electron chi connectivity index (χ4n) is 2.00. The average molecular weight is 364 g/mol. The summed E-state index contributed by atoms with van der Waals surface area (Å²) in [5.41, 5.74) is 1.86. The number of carbonyl (C=O) groups excluding carboxylic acids is 2. The Kier molecular flexibility index (Phi) is 8.21. The second-order valence-corrected chi connectivity index (χ2v) is 5.35. The van der Waals surface area contributed by atoms with Crippen LogP contribution in [0, 0.1) is 11.6 Å². The van der Waals surface area contributed by atoms with Crippen molar-refractivity contribution in [3.63, 3.8) is 0 Å². The van der Waals surface area contributed by atoms with Crippen LogP contribution in [0.1, 0.15) is 29.8 Å². The fraction of sp³-hybridized carbons (Fsp3) is 0.263. The van der Waals surface area contributed by atoms with Crippen molar-refractivity contribution in [2.45, 2.75) is 20.5 Å². The lowest BCUT2D eigenvalue weighted by Gasteiger charge is -2.07. The number of ketones is 1. The van der Waals surface area contributed by atoms with Gasteiger partial charge in [0.1, 0.15) is 23.9 Å². The summed E-state index contributed by atoms with van der Waals surface area (Å²) in [6.07, 6.45) is 0. The number of benzene rings is 2. The summed E-state index contributed by atoms with van der Waals surface area (Å²) in [7, 11) is 3.27. The van der Waals surface area contributed by atoms with Crippen LogP contribution < -0.4 is 10.6 Å². The number of halogens is 2. The number of carbonyl (C=O) groups is 2. The molecule has 2 rings (SSSR count). The molecule has 0 unspecified atom stereocenters. The van der Waals surface area contributed by atoms with E-state index in [0.29, 0.717) is 0 Å². The molecule has 2 aromatic rings. The maximum Gasteiger partial charge on any atom is 0.302 e. The van der Waals surface area contributed by atoms with E-state index in [1.165, 1.54) is 14.0 Å². The Morgan fingerprint density at radius 2 is 1.50 bits per heavy atom. The molecule has 0 amide bonds. The molecule has 0 aliphatic carbocycles. The highest BCUT2D eigenvalue weighted by atomic mass is 19.1. The van der Waals surface area contributed by atoms with Gasteiger partial charge < -0.3 is 15.4 Å². The summed E-state index contributed by atoms with van der Waals surface area (Å²) in [6.45, 7) is 2.66. The van der Waals surface area contributed by atoms with Gasteiger partial charge in [-0.05, 0) is 48.9 Å². The molecule has 0 aromatic heterocycles. The van der Waals surface area contributed by atoms with E-state index >= 15 is 0 Å². The number of nitrogens with one attached hydrogen (secondary N) is 2. The first-order chi connectivity index (χ1) is 12.3.